The fraction of sp³-hybridized carbons (Fsp3) is 0.500. The molecule has 0 heterocycles. The van der Waals surface area contributed by atoms with Crippen molar-refractivity contribution in [2.75, 3.05) is 6.54 Å². The molecule has 0 atom stereocenters. The summed E-state index contributed by atoms with van der Waals surface area (Å²) in [5, 5.41) is 9.03. The van der Waals surface area contributed by atoms with Crippen LogP contribution in [0.3, 0.4) is 0 Å². The van der Waals surface area contributed by atoms with Crippen LogP contribution in [0, 0.1) is 19.3 Å². The van der Waals surface area contributed by atoms with Crippen LogP contribution in [0.15, 0.2) is 17.0 Å². The highest BCUT2D eigenvalue weighted by molar-refractivity contribution is 7.89. The highest BCUT2D eigenvalue weighted by Gasteiger charge is 2.22. The molecule has 112 valence electrons. The van der Waals surface area contributed by atoms with Crippen molar-refractivity contribution < 1.29 is 18.3 Å². The fourth-order valence-corrected chi connectivity index (χ4v) is 3.24. The Morgan fingerprint density at radius 2 is 1.80 bits per heavy atom. The lowest BCUT2D eigenvalue weighted by Crippen LogP contribution is -2.32. The molecule has 0 spiro atoms. The lowest BCUT2D eigenvalue weighted by atomic mass is 9.98. The van der Waals surface area contributed by atoms with Crippen molar-refractivity contribution in [3.63, 3.8) is 0 Å². The number of benzene rings is 1. The van der Waals surface area contributed by atoms with Crippen molar-refractivity contribution in [2.45, 2.75) is 39.5 Å². The Morgan fingerprint density at radius 3 is 2.25 bits per heavy atom. The number of hydrogen-bond acceptors (Lipinski definition) is 3. The molecule has 2 N–H and O–H groups in total. The number of hydrogen-bond donors (Lipinski definition) is 2. The fourth-order valence-electron chi connectivity index (χ4n) is 1.62. The van der Waals surface area contributed by atoms with Crippen LogP contribution in [0.5, 0.6) is 0 Å². The Morgan fingerprint density at radius 1 is 1.25 bits per heavy atom. The second-order valence-electron chi connectivity index (χ2n) is 6.11. The zero-order chi connectivity index (χ0) is 15.7. The SMILES string of the molecule is Cc1cc(C(=O)O)cc(S(=O)(=O)NCC(C)(C)C)c1C. The smallest absolute Gasteiger partial charge is 0.335 e. The molecule has 0 aliphatic heterocycles. The monoisotopic (exact) mass is 299 g/mol. The topological polar surface area (TPSA) is 83.5 Å². The Bertz CT molecular complexity index is 627. The molecule has 0 aliphatic rings. The predicted molar refractivity (Wildman–Crippen MR) is 77.5 cm³/mol. The molecule has 0 unspecified atom stereocenters. The molecule has 5 nitrogen and oxygen atoms in total. The van der Waals surface area contributed by atoms with Crippen LogP contribution in [0.25, 0.3) is 0 Å². The minimum Gasteiger partial charge on any atom is -0.478 e. The lowest BCUT2D eigenvalue weighted by Gasteiger charge is -2.20. The molecule has 1 rings (SSSR count). The van der Waals surface area contributed by atoms with Crippen molar-refractivity contribution in [3.8, 4) is 0 Å². The molecule has 0 fully saturated rings. The number of aryl methyl sites for hydroxylation is 1. The lowest BCUT2D eigenvalue weighted by molar-refractivity contribution is 0.0696. The molecule has 0 aromatic heterocycles. The van der Waals surface area contributed by atoms with Gasteiger partial charge in [-0.25, -0.2) is 17.9 Å². The van der Waals surface area contributed by atoms with Gasteiger partial charge < -0.3 is 5.11 Å². The van der Waals surface area contributed by atoms with Crippen LogP contribution < -0.4 is 4.72 Å². The summed E-state index contributed by atoms with van der Waals surface area (Å²) in [7, 11) is -3.72. The van der Waals surface area contributed by atoms with Crippen molar-refractivity contribution in [2.24, 2.45) is 5.41 Å². The van der Waals surface area contributed by atoms with Crippen LogP contribution in [-0.2, 0) is 10.0 Å². The summed E-state index contributed by atoms with van der Waals surface area (Å²) in [6, 6.07) is 2.68. The van der Waals surface area contributed by atoms with Crippen LogP contribution in [0.2, 0.25) is 0 Å². The maximum absolute atomic E-state index is 12.3. The van der Waals surface area contributed by atoms with E-state index < -0.39 is 16.0 Å². The van der Waals surface area contributed by atoms with Gasteiger partial charge in [-0.15, -0.1) is 0 Å². The van der Waals surface area contributed by atoms with Gasteiger partial charge in [0, 0.05) is 6.54 Å². The molecule has 0 radical (unpaired) electrons. The largest absolute Gasteiger partial charge is 0.478 e. The van der Waals surface area contributed by atoms with E-state index in [0.29, 0.717) is 11.1 Å². The number of nitrogens with one attached hydrogen (secondary N) is 1. The number of aromatic carboxylic acids is 1. The van der Waals surface area contributed by atoms with E-state index in [1.807, 2.05) is 20.8 Å². The average Bonchev–Trinajstić information content (AvgIpc) is 2.28. The minimum absolute atomic E-state index is 0.0239. The van der Waals surface area contributed by atoms with Gasteiger partial charge in [0.15, 0.2) is 0 Å². The molecule has 0 aliphatic carbocycles. The van der Waals surface area contributed by atoms with E-state index in [2.05, 4.69) is 4.72 Å². The zero-order valence-corrected chi connectivity index (χ0v) is 13.3. The van der Waals surface area contributed by atoms with E-state index in [1.54, 1.807) is 13.8 Å². The number of sulfonamides is 1. The summed E-state index contributed by atoms with van der Waals surface area (Å²) in [6.45, 7) is 9.41. The van der Waals surface area contributed by atoms with E-state index in [4.69, 9.17) is 5.11 Å². The van der Waals surface area contributed by atoms with Crippen molar-refractivity contribution in [1.29, 1.82) is 0 Å². The summed E-state index contributed by atoms with van der Waals surface area (Å²) in [6.07, 6.45) is 0. The van der Waals surface area contributed by atoms with E-state index >= 15 is 0 Å². The quantitative estimate of drug-likeness (QED) is 0.893. The van der Waals surface area contributed by atoms with Crippen molar-refractivity contribution in [1.82, 2.24) is 4.72 Å². The Kier molecular flexibility index (Phi) is 4.61. The molecule has 20 heavy (non-hydrogen) atoms. The highest BCUT2D eigenvalue weighted by Crippen LogP contribution is 2.22. The van der Waals surface area contributed by atoms with E-state index in [0.717, 1.165) is 0 Å². The Labute approximate surface area is 120 Å². The van der Waals surface area contributed by atoms with Gasteiger partial charge >= 0.3 is 5.97 Å². The standard InChI is InChI=1S/C14H21NO4S/c1-9-6-11(13(16)17)7-12(10(9)2)20(18,19)15-8-14(3,4)5/h6-7,15H,8H2,1-5H3,(H,16,17). The number of carboxylic acid groups (broad SMARTS) is 1. The van der Waals surface area contributed by atoms with E-state index in [-0.39, 0.29) is 22.4 Å². The summed E-state index contributed by atoms with van der Waals surface area (Å²) < 4.78 is 27.2. The third-order valence-electron chi connectivity index (χ3n) is 2.95. The van der Waals surface area contributed by atoms with Gasteiger partial charge in [-0.2, -0.15) is 0 Å². The molecular weight excluding hydrogens is 278 g/mol. The Balaban J connectivity index is 3.27. The average molecular weight is 299 g/mol. The number of carbonyl (C=O) groups is 1. The molecule has 0 amide bonds. The first-order valence-corrected chi connectivity index (χ1v) is 7.76. The van der Waals surface area contributed by atoms with Gasteiger partial charge in [0.1, 0.15) is 0 Å². The van der Waals surface area contributed by atoms with Gasteiger partial charge in [-0.1, -0.05) is 20.8 Å². The van der Waals surface area contributed by atoms with Gasteiger partial charge in [-0.3, -0.25) is 0 Å². The van der Waals surface area contributed by atoms with Crippen LogP contribution >= 0.6 is 0 Å². The van der Waals surface area contributed by atoms with Crippen LogP contribution in [-0.4, -0.2) is 26.0 Å². The van der Waals surface area contributed by atoms with Crippen molar-refractivity contribution >= 4 is 16.0 Å². The number of carboxylic acids is 1. The van der Waals surface area contributed by atoms with Gasteiger partial charge in [0.2, 0.25) is 10.0 Å². The first-order valence-electron chi connectivity index (χ1n) is 6.28. The van der Waals surface area contributed by atoms with E-state index in [1.165, 1.54) is 12.1 Å². The Hall–Kier alpha value is -1.40. The predicted octanol–water partition coefficient (Wildman–Crippen LogP) is 2.33. The van der Waals surface area contributed by atoms with Crippen LogP contribution in [0.1, 0.15) is 42.3 Å². The first kappa shape index (κ1) is 16.7. The second kappa shape index (κ2) is 5.54. The molecular formula is C14H21NO4S. The van der Waals surface area contributed by atoms with E-state index in [9.17, 15) is 13.2 Å². The maximum atomic E-state index is 12.3. The minimum atomic E-state index is -3.72. The normalized spacial score (nSPS) is 12.4. The summed E-state index contributed by atoms with van der Waals surface area (Å²) >= 11 is 0. The van der Waals surface area contributed by atoms with Gasteiger partial charge in [0.25, 0.3) is 0 Å². The summed E-state index contributed by atoms with van der Waals surface area (Å²) in [5.41, 5.74) is 0.988. The van der Waals surface area contributed by atoms with Gasteiger partial charge in [-0.05, 0) is 42.5 Å². The summed E-state index contributed by atoms with van der Waals surface area (Å²) in [4.78, 5) is 11.1. The molecule has 0 saturated carbocycles. The van der Waals surface area contributed by atoms with Gasteiger partial charge in [0.05, 0.1) is 10.5 Å². The summed E-state index contributed by atoms with van der Waals surface area (Å²) in [5.74, 6) is -1.14. The maximum Gasteiger partial charge on any atom is 0.335 e. The molecule has 1 aromatic rings. The first-order chi connectivity index (χ1) is 8.94. The van der Waals surface area contributed by atoms with Crippen molar-refractivity contribution in [3.05, 3.63) is 28.8 Å². The third-order valence-corrected chi connectivity index (χ3v) is 4.48. The molecule has 1 aromatic carbocycles. The molecule has 0 saturated heterocycles. The molecule has 0 bridgehead atoms. The second-order valence-corrected chi connectivity index (χ2v) is 7.84. The number of rotatable bonds is 4. The molecule has 6 heteroatoms. The van der Waals surface area contributed by atoms with Crippen LogP contribution in [0.4, 0.5) is 0 Å². The highest BCUT2D eigenvalue weighted by atomic mass is 32.2. The third kappa shape index (κ3) is 4.05. The zero-order valence-electron chi connectivity index (χ0n) is 12.4.